The summed E-state index contributed by atoms with van der Waals surface area (Å²) in [6.45, 7) is 4.26. The molecule has 3 rings (SSSR count). The molecule has 3 nitrogen and oxygen atoms in total. The topological polar surface area (TPSA) is 22.2 Å². The minimum Gasteiger partial charge on any atom is -0.460 e. The quantitative estimate of drug-likeness (QED) is 0.571. The fraction of sp³-hybridized carbons (Fsp3) is 0.308. The zero-order valence-corrected chi connectivity index (χ0v) is 9.82. The lowest BCUT2D eigenvalue weighted by molar-refractivity contribution is -0.480. The SMILES string of the molecule is CCc1c[n+]2c3c(C)coc3ccc2n1C. The lowest BCUT2D eigenvalue weighted by Gasteiger charge is -1.91. The fourth-order valence-corrected chi connectivity index (χ4v) is 2.35. The highest BCUT2D eigenvalue weighted by atomic mass is 16.3. The first-order valence-corrected chi connectivity index (χ1v) is 5.59. The molecule has 0 spiro atoms. The number of aromatic nitrogens is 2. The smallest absolute Gasteiger partial charge is 0.286 e. The first-order valence-electron chi connectivity index (χ1n) is 5.59. The highest BCUT2D eigenvalue weighted by Crippen LogP contribution is 2.18. The number of fused-ring (bicyclic) bond motifs is 3. The van der Waals surface area contributed by atoms with Crippen LogP contribution in [0.15, 0.2) is 29.0 Å². The third kappa shape index (κ3) is 1.06. The van der Waals surface area contributed by atoms with Crippen molar-refractivity contribution < 1.29 is 8.82 Å². The van der Waals surface area contributed by atoms with E-state index in [1.54, 1.807) is 0 Å². The summed E-state index contributed by atoms with van der Waals surface area (Å²) in [6, 6.07) is 4.14. The lowest BCUT2D eigenvalue weighted by atomic mass is 10.3. The van der Waals surface area contributed by atoms with Crippen LogP contribution in [0.5, 0.6) is 0 Å². The van der Waals surface area contributed by atoms with Crippen LogP contribution in [0.3, 0.4) is 0 Å². The molecular weight excluding hydrogens is 200 g/mol. The molecule has 3 aromatic heterocycles. The average molecular weight is 215 g/mol. The van der Waals surface area contributed by atoms with Crippen LogP contribution in [0.2, 0.25) is 0 Å². The number of hydrogen-bond acceptors (Lipinski definition) is 1. The van der Waals surface area contributed by atoms with Gasteiger partial charge in [-0.3, -0.25) is 0 Å². The van der Waals surface area contributed by atoms with Crippen LogP contribution in [0.4, 0.5) is 0 Å². The van der Waals surface area contributed by atoms with Crippen molar-refractivity contribution in [3.8, 4) is 0 Å². The van der Waals surface area contributed by atoms with E-state index >= 15 is 0 Å². The first-order chi connectivity index (χ1) is 7.72. The van der Waals surface area contributed by atoms with Gasteiger partial charge in [0.25, 0.3) is 5.65 Å². The van der Waals surface area contributed by atoms with Crippen LogP contribution in [0.1, 0.15) is 18.2 Å². The Labute approximate surface area is 93.9 Å². The molecule has 3 heteroatoms. The Morgan fingerprint density at radius 3 is 2.94 bits per heavy atom. The van der Waals surface area contributed by atoms with Crippen molar-refractivity contribution in [1.29, 1.82) is 0 Å². The summed E-state index contributed by atoms with van der Waals surface area (Å²) >= 11 is 0. The van der Waals surface area contributed by atoms with Gasteiger partial charge in [0.2, 0.25) is 0 Å². The Bertz CT molecular complexity index is 676. The third-order valence-corrected chi connectivity index (χ3v) is 3.26. The van der Waals surface area contributed by atoms with Crippen molar-refractivity contribution in [2.75, 3.05) is 0 Å². The van der Waals surface area contributed by atoms with Crippen LogP contribution in [-0.2, 0) is 13.5 Å². The predicted octanol–water partition coefficient (Wildman–Crippen LogP) is 2.38. The third-order valence-electron chi connectivity index (χ3n) is 3.26. The number of aryl methyl sites for hydroxylation is 3. The number of furan rings is 1. The summed E-state index contributed by atoms with van der Waals surface area (Å²) in [5, 5.41) is 0. The molecule has 82 valence electrons. The summed E-state index contributed by atoms with van der Waals surface area (Å²) < 4.78 is 9.95. The molecule has 0 aromatic carbocycles. The van der Waals surface area contributed by atoms with Crippen molar-refractivity contribution in [2.24, 2.45) is 7.05 Å². The maximum absolute atomic E-state index is 5.51. The fourth-order valence-electron chi connectivity index (χ4n) is 2.35. The van der Waals surface area contributed by atoms with Gasteiger partial charge in [-0.05, 0) is 13.0 Å². The van der Waals surface area contributed by atoms with Crippen molar-refractivity contribution in [3.63, 3.8) is 0 Å². The van der Waals surface area contributed by atoms with Crippen LogP contribution in [0, 0.1) is 6.92 Å². The molecule has 0 unspecified atom stereocenters. The summed E-state index contributed by atoms with van der Waals surface area (Å²) in [5.74, 6) is 0. The minimum absolute atomic E-state index is 0.947. The molecule has 3 aromatic rings. The number of nitrogens with zero attached hydrogens (tertiary/aromatic N) is 2. The minimum atomic E-state index is 0.947. The summed E-state index contributed by atoms with van der Waals surface area (Å²) in [6.07, 6.45) is 5.05. The first kappa shape index (κ1) is 9.46. The van der Waals surface area contributed by atoms with E-state index in [-0.39, 0.29) is 0 Å². The maximum Gasteiger partial charge on any atom is 0.286 e. The zero-order chi connectivity index (χ0) is 11.3. The van der Waals surface area contributed by atoms with Crippen LogP contribution in [-0.4, -0.2) is 4.57 Å². The van der Waals surface area contributed by atoms with Gasteiger partial charge in [-0.15, -0.1) is 0 Å². The number of imidazole rings is 1. The van der Waals surface area contributed by atoms with Crippen LogP contribution in [0.25, 0.3) is 16.7 Å². The van der Waals surface area contributed by atoms with Gasteiger partial charge in [0.15, 0.2) is 11.1 Å². The monoisotopic (exact) mass is 215 g/mol. The molecule has 0 saturated carbocycles. The molecule has 0 N–H and O–H groups in total. The highest BCUT2D eigenvalue weighted by molar-refractivity contribution is 5.74. The van der Waals surface area contributed by atoms with E-state index in [9.17, 15) is 0 Å². The van der Waals surface area contributed by atoms with E-state index < -0.39 is 0 Å². The molecule has 0 saturated heterocycles. The second kappa shape index (κ2) is 3.11. The van der Waals surface area contributed by atoms with Gasteiger partial charge < -0.3 is 4.42 Å². The zero-order valence-electron chi connectivity index (χ0n) is 9.82. The Hall–Kier alpha value is -1.77. The lowest BCUT2D eigenvalue weighted by Crippen LogP contribution is -2.20. The van der Waals surface area contributed by atoms with Gasteiger partial charge >= 0.3 is 0 Å². The molecule has 0 bridgehead atoms. The maximum atomic E-state index is 5.51. The predicted molar refractivity (Wildman–Crippen MR) is 62.5 cm³/mol. The number of rotatable bonds is 1. The van der Waals surface area contributed by atoms with Gasteiger partial charge in [-0.1, -0.05) is 6.92 Å². The average Bonchev–Trinajstić information content (AvgIpc) is 2.81. The van der Waals surface area contributed by atoms with E-state index in [2.05, 4.69) is 42.1 Å². The molecule has 3 heterocycles. The van der Waals surface area contributed by atoms with E-state index in [4.69, 9.17) is 4.42 Å². The van der Waals surface area contributed by atoms with Crippen LogP contribution >= 0.6 is 0 Å². The van der Waals surface area contributed by atoms with Crippen molar-refractivity contribution in [2.45, 2.75) is 20.3 Å². The molecule has 0 atom stereocenters. The standard InChI is InChI=1S/C13H15N2O/c1-4-10-7-15-12(14(10)3)6-5-11-13(15)9(2)8-16-11/h5-8H,4H2,1-3H3/q+1. The Morgan fingerprint density at radius 1 is 1.38 bits per heavy atom. The Balaban J connectivity index is 2.55. The van der Waals surface area contributed by atoms with Gasteiger partial charge in [-0.25, -0.2) is 4.57 Å². The molecule has 0 aliphatic rings. The van der Waals surface area contributed by atoms with Crippen molar-refractivity contribution in [1.82, 2.24) is 4.57 Å². The van der Waals surface area contributed by atoms with Gasteiger partial charge in [0.1, 0.15) is 11.9 Å². The van der Waals surface area contributed by atoms with E-state index in [1.807, 2.05) is 12.3 Å². The second-order valence-electron chi connectivity index (χ2n) is 4.23. The summed E-state index contributed by atoms with van der Waals surface area (Å²) in [4.78, 5) is 0. The molecule has 0 fully saturated rings. The largest absolute Gasteiger partial charge is 0.460 e. The van der Waals surface area contributed by atoms with Gasteiger partial charge in [-0.2, -0.15) is 4.40 Å². The molecule has 0 amide bonds. The van der Waals surface area contributed by atoms with Crippen molar-refractivity contribution in [3.05, 3.63) is 35.9 Å². The number of hydrogen-bond donors (Lipinski definition) is 0. The summed E-state index contributed by atoms with van der Waals surface area (Å²) in [5.41, 5.74) is 5.83. The highest BCUT2D eigenvalue weighted by Gasteiger charge is 2.18. The molecule has 0 radical (unpaired) electrons. The molecule has 0 aliphatic carbocycles. The van der Waals surface area contributed by atoms with E-state index in [0.29, 0.717) is 0 Å². The molecular formula is C13H15N2O+. The Kier molecular flexibility index (Phi) is 1.84. The van der Waals surface area contributed by atoms with E-state index in [0.717, 1.165) is 12.0 Å². The van der Waals surface area contributed by atoms with Crippen LogP contribution < -0.4 is 4.40 Å². The van der Waals surface area contributed by atoms with Gasteiger partial charge in [0, 0.05) is 18.1 Å². The Morgan fingerprint density at radius 2 is 2.19 bits per heavy atom. The van der Waals surface area contributed by atoms with Gasteiger partial charge in [0.05, 0.1) is 13.3 Å². The normalized spacial score (nSPS) is 11.7. The van der Waals surface area contributed by atoms with Crippen molar-refractivity contribution >= 4 is 16.7 Å². The second-order valence-corrected chi connectivity index (χ2v) is 4.23. The summed E-state index contributed by atoms with van der Waals surface area (Å²) in [7, 11) is 2.11. The van der Waals surface area contributed by atoms with E-state index in [1.165, 1.54) is 22.4 Å². The number of pyridine rings is 1. The molecule has 0 aliphatic heterocycles. The molecule has 16 heavy (non-hydrogen) atoms.